The van der Waals surface area contributed by atoms with Gasteiger partial charge < -0.3 is 24.7 Å². The van der Waals surface area contributed by atoms with Gasteiger partial charge in [-0.25, -0.2) is 4.79 Å². The molecule has 4 aromatic rings. The van der Waals surface area contributed by atoms with Crippen LogP contribution in [-0.2, 0) is 9.53 Å². The molecule has 186 valence electrons. The fraction of sp³-hybridized carbons (Fsp3) is 0.143. The minimum Gasteiger partial charge on any atom is -0.465 e. The molecule has 37 heavy (non-hydrogen) atoms. The van der Waals surface area contributed by atoms with Crippen molar-refractivity contribution >= 4 is 34.9 Å². The Morgan fingerprint density at radius 1 is 1.03 bits per heavy atom. The third-order valence-electron chi connectivity index (χ3n) is 6.08. The molecule has 2 atom stereocenters. The van der Waals surface area contributed by atoms with Crippen LogP contribution in [0.4, 0.5) is 5.69 Å². The Kier molecular flexibility index (Phi) is 6.96. The number of rotatable bonds is 7. The molecule has 3 heterocycles. The second-order valence-electron chi connectivity index (χ2n) is 8.44. The number of esters is 1. The number of amides is 1. The summed E-state index contributed by atoms with van der Waals surface area (Å²) in [6, 6.07) is 24.9. The molecule has 1 aliphatic heterocycles. The molecule has 1 saturated heterocycles. The van der Waals surface area contributed by atoms with E-state index >= 15 is 0 Å². The number of hydrogen-bond donors (Lipinski definition) is 2. The van der Waals surface area contributed by atoms with Gasteiger partial charge >= 0.3 is 5.97 Å². The molecule has 2 unspecified atom stereocenters. The fourth-order valence-corrected chi connectivity index (χ4v) is 4.62. The van der Waals surface area contributed by atoms with Crippen LogP contribution in [0.2, 0.25) is 0 Å². The molecular formula is C28H24N4O4S. The van der Waals surface area contributed by atoms with Gasteiger partial charge in [-0.05, 0) is 60.7 Å². The third-order valence-corrected chi connectivity index (χ3v) is 6.43. The first-order valence-electron chi connectivity index (χ1n) is 11.6. The number of furan rings is 1. The van der Waals surface area contributed by atoms with E-state index in [-0.39, 0.29) is 18.5 Å². The highest BCUT2D eigenvalue weighted by Gasteiger charge is 2.42. The highest BCUT2D eigenvalue weighted by Crippen LogP contribution is 2.40. The zero-order valence-corrected chi connectivity index (χ0v) is 20.8. The van der Waals surface area contributed by atoms with Gasteiger partial charge in [0, 0.05) is 17.4 Å². The first-order valence-corrected chi connectivity index (χ1v) is 12.1. The van der Waals surface area contributed by atoms with Crippen LogP contribution in [0.3, 0.4) is 0 Å². The lowest BCUT2D eigenvalue weighted by molar-refractivity contribution is -0.116. The standard InChI is InChI=1S/C28H24N4O4S/c1-35-27(34)19-12-10-18(11-13-19)22-14-15-23(36-22)26-25(21-9-5-6-16-29-21)31-28(37)32(26)17-24(33)30-20-7-3-2-4-8-20/h2-16,25-26H,17H2,1H3,(H,30,33)(H,31,37). The fourth-order valence-electron chi connectivity index (χ4n) is 4.32. The van der Waals surface area contributed by atoms with Crippen molar-refractivity contribution < 1.29 is 18.7 Å². The number of carbonyl (C=O) groups excluding carboxylic acids is 2. The average Bonchev–Trinajstić information content (AvgIpc) is 3.54. The summed E-state index contributed by atoms with van der Waals surface area (Å²) in [5.74, 6) is 0.646. The molecule has 5 rings (SSSR count). The number of para-hydroxylation sites is 1. The largest absolute Gasteiger partial charge is 0.465 e. The second-order valence-corrected chi connectivity index (χ2v) is 8.83. The van der Waals surface area contributed by atoms with Gasteiger partial charge in [-0.2, -0.15) is 0 Å². The second kappa shape index (κ2) is 10.6. The number of pyridine rings is 1. The summed E-state index contributed by atoms with van der Waals surface area (Å²) in [6.45, 7) is 0.0264. The molecule has 0 spiro atoms. The highest BCUT2D eigenvalue weighted by molar-refractivity contribution is 7.80. The summed E-state index contributed by atoms with van der Waals surface area (Å²) in [4.78, 5) is 31.1. The average molecular weight is 513 g/mol. The van der Waals surface area contributed by atoms with Crippen LogP contribution in [0.1, 0.15) is 33.9 Å². The third kappa shape index (κ3) is 5.22. The van der Waals surface area contributed by atoms with Crippen molar-refractivity contribution in [1.82, 2.24) is 15.2 Å². The van der Waals surface area contributed by atoms with Crippen LogP contribution in [0.5, 0.6) is 0 Å². The van der Waals surface area contributed by atoms with Crippen molar-refractivity contribution in [2.45, 2.75) is 12.1 Å². The quantitative estimate of drug-likeness (QED) is 0.271. The monoisotopic (exact) mass is 512 g/mol. The van der Waals surface area contributed by atoms with Crippen molar-refractivity contribution in [2.75, 3.05) is 19.0 Å². The van der Waals surface area contributed by atoms with Gasteiger partial charge in [0.1, 0.15) is 24.1 Å². The Labute approximate surface area is 219 Å². The number of carbonyl (C=O) groups is 2. The minimum atomic E-state index is -0.410. The van der Waals surface area contributed by atoms with Crippen molar-refractivity contribution in [1.29, 1.82) is 0 Å². The van der Waals surface area contributed by atoms with E-state index in [9.17, 15) is 9.59 Å². The number of hydrogen-bond acceptors (Lipinski definition) is 6. The Morgan fingerprint density at radius 3 is 2.49 bits per heavy atom. The molecule has 0 saturated carbocycles. The zero-order valence-electron chi connectivity index (χ0n) is 20.0. The number of benzene rings is 2. The normalized spacial score (nSPS) is 16.8. The van der Waals surface area contributed by atoms with Gasteiger partial charge in [-0.15, -0.1) is 0 Å². The molecule has 0 radical (unpaired) electrons. The van der Waals surface area contributed by atoms with E-state index in [1.54, 1.807) is 30.5 Å². The maximum Gasteiger partial charge on any atom is 0.337 e. The van der Waals surface area contributed by atoms with Crippen LogP contribution in [-0.4, -0.2) is 40.5 Å². The SMILES string of the molecule is COC(=O)c1ccc(-c2ccc(C3C(c4ccccn4)NC(=S)N3CC(=O)Nc3ccccc3)o2)cc1. The minimum absolute atomic E-state index is 0.0264. The lowest BCUT2D eigenvalue weighted by Crippen LogP contribution is -2.36. The molecule has 2 aromatic carbocycles. The lowest BCUT2D eigenvalue weighted by atomic mass is 10.0. The molecule has 1 amide bonds. The summed E-state index contributed by atoms with van der Waals surface area (Å²) in [6.07, 6.45) is 1.72. The van der Waals surface area contributed by atoms with Crippen LogP contribution >= 0.6 is 12.2 Å². The summed E-state index contributed by atoms with van der Waals surface area (Å²) < 4.78 is 11.1. The molecule has 8 nitrogen and oxygen atoms in total. The van der Waals surface area contributed by atoms with Gasteiger partial charge in [-0.3, -0.25) is 9.78 Å². The van der Waals surface area contributed by atoms with E-state index in [4.69, 9.17) is 21.4 Å². The summed E-state index contributed by atoms with van der Waals surface area (Å²) >= 11 is 5.65. The molecule has 0 bridgehead atoms. The zero-order chi connectivity index (χ0) is 25.8. The predicted molar refractivity (Wildman–Crippen MR) is 143 cm³/mol. The lowest BCUT2D eigenvalue weighted by Gasteiger charge is -2.25. The number of aromatic nitrogens is 1. The van der Waals surface area contributed by atoms with Gasteiger partial charge in [0.05, 0.1) is 24.4 Å². The first-order chi connectivity index (χ1) is 18.0. The summed E-state index contributed by atoms with van der Waals surface area (Å²) in [7, 11) is 1.35. The van der Waals surface area contributed by atoms with Crippen LogP contribution in [0, 0.1) is 0 Å². The van der Waals surface area contributed by atoms with Crippen molar-refractivity contribution in [3.63, 3.8) is 0 Å². The van der Waals surface area contributed by atoms with E-state index in [1.165, 1.54) is 7.11 Å². The first kappa shape index (κ1) is 24.2. The van der Waals surface area contributed by atoms with E-state index in [0.717, 1.165) is 11.3 Å². The smallest absolute Gasteiger partial charge is 0.337 e. The van der Waals surface area contributed by atoms with Crippen molar-refractivity contribution in [2.24, 2.45) is 0 Å². The molecule has 1 aliphatic rings. The Morgan fingerprint density at radius 2 is 1.78 bits per heavy atom. The van der Waals surface area contributed by atoms with Crippen molar-refractivity contribution in [3.05, 3.63) is 108 Å². The van der Waals surface area contributed by atoms with E-state index in [1.807, 2.05) is 65.6 Å². The topological polar surface area (TPSA) is 96.7 Å². The molecule has 0 aliphatic carbocycles. The predicted octanol–water partition coefficient (Wildman–Crippen LogP) is 4.74. The Balaban J connectivity index is 1.44. The molecule has 2 aromatic heterocycles. The molecular weight excluding hydrogens is 488 g/mol. The van der Waals surface area contributed by atoms with E-state index < -0.39 is 12.0 Å². The van der Waals surface area contributed by atoms with Gasteiger partial charge in [0.25, 0.3) is 0 Å². The number of methoxy groups -OCH3 is 1. The van der Waals surface area contributed by atoms with Crippen molar-refractivity contribution in [3.8, 4) is 11.3 Å². The molecule has 1 fully saturated rings. The highest BCUT2D eigenvalue weighted by atomic mass is 32.1. The number of thiocarbonyl (C=S) groups is 1. The summed E-state index contributed by atoms with van der Waals surface area (Å²) in [5, 5.41) is 6.67. The maximum atomic E-state index is 12.9. The molecule has 2 N–H and O–H groups in total. The van der Waals surface area contributed by atoms with Crippen LogP contribution < -0.4 is 10.6 Å². The van der Waals surface area contributed by atoms with Crippen LogP contribution in [0.25, 0.3) is 11.3 Å². The van der Waals surface area contributed by atoms with Gasteiger partial charge in [0.2, 0.25) is 5.91 Å². The van der Waals surface area contributed by atoms with Gasteiger partial charge in [-0.1, -0.05) is 36.4 Å². The number of ether oxygens (including phenoxy) is 1. The van der Waals surface area contributed by atoms with E-state index in [2.05, 4.69) is 15.6 Å². The molecule has 9 heteroatoms. The summed E-state index contributed by atoms with van der Waals surface area (Å²) in [5.41, 5.74) is 2.74. The number of nitrogens with one attached hydrogen (secondary N) is 2. The van der Waals surface area contributed by atoms with Gasteiger partial charge in [0.15, 0.2) is 5.11 Å². The van der Waals surface area contributed by atoms with E-state index in [0.29, 0.717) is 27.9 Å². The number of anilines is 1. The Hall–Kier alpha value is -4.50. The van der Waals surface area contributed by atoms with Crippen LogP contribution in [0.15, 0.2) is 95.5 Å². The number of nitrogens with zero attached hydrogens (tertiary/aromatic N) is 2. The Bertz CT molecular complexity index is 1410. The maximum absolute atomic E-state index is 12.9.